The predicted molar refractivity (Wildman–Crippen MR) is 119 cm³/mol. The van der Waals surface area contributed by atoms with Gasteiger partial charge in [0, 0.05) is 24.1 Å². The summed E-state index contributed by atoms with van der Waals surface area (Å²) in [5, 5.41) is 5.72. The van der Waals surface area contributed by atoms with Gasteiger partial charge in [0.15, 0.2) is 0 Å². The standard InChI is InChI=1S/C24H26N2O4/c1-29-19-13-11-18(22(16-19)30-2)12-14-23(27)25-20-9-5-6-10-21(20)26-24(28)15-17-7-3-4-8-17/h3,5-7,9-14,16-17H,4,8,15H2,1-2H3,(H,25,27)(H,26,28)/b14-12+. The van der Waals surface area contributed by atoms with E-state index in [1.807, 2.05) is 12.1 Å². The molecule has 6 heteroatoms. The molecule has 3 rings (SSSR count). The molecule has 0 aliphatic heterocycles. The lowest BCUT2D eigenvalue weighted by Crippen LogP contribution is -2.17. The van der Waals surface area contributed by atoms with Crippen LogP contribution in [0, 0.1) is 5.92 Å². The van der Waals surface area contributed by atoms with E-state index < -0.39 is 0 Å². The van der Waals surface area contributed by atoms with Gasteiger partial charge in [-0.1, -0.05) is 24.3 Å². The van der Waals surface area contributed by atoms with Crippen molar-refractivity contribution in [2.45, 2.75) is 19.3 Å². The number of anilines is 2. The third-order valence-electron chi connectivity index (χ3n) is 4.87. The van der Waals surface area contributed by atoms with Gasteiger partial charge < -0.3 is 20.1 Å². The van der Waals surface area contributed by atoms with Crippen LogP contribution in [0.2, 0.25) is 0 Å². The zero-order valence-corrected chi connectivity index (χ0v) is 17.2. The van der Waals surface area contributed by atoms with Gasteiger partial charge in [-0.15, -0.1) is 0 Å². The molecule has 6 nitrogen and oxygen atoms in total. The third kappa shape index (κ3) is 5.73. The van der Waals surface area contributed by atoms with E-state index in [0.717, 1.165) is 18.4 Å². The summed E-state index contributed by atoms with van der Waals surface area (Å²) < 4.78 is 10.5. The van der Waals surface area contributed by atoms with Crippen molar-refractivity contribution in [3.8, 4) is 11.5 Å². The second-order valence-electron chi connectivity index (χ2n) is 6.99. The van der Waals surface area contributed by atoms with Crippen LogP contribution in [0.15, 0.2) is 60.7 Å². The van der Waals surface area contributed by atoms with Crippen molar-refractivity contribution in [1.82, 2.24) is 0 Å². The number of rotatable bonds is 8. The molecule has 0 fully saturated rings. The first-order valence-electron chi connectivity index (χ1n) is 9.85. The van der Waals surface area contributed by atoms with Gasteiger partial charge in [-0.2, -0.15) is 0 Å². The molecule has 0 bridgehead atoms. The molecular weight excluding hydrogens is 380 g/mol. The van der Waals surface area contributed by atoms with Gasteiger partial charge in [0.1, 0.15) is 11.5 Å². The number of carbonyl (C=O) groups excluding carboxylic acids is 2. The molecule has 1 aliphatic carbocycles. The normalized spacial score (nSPS) is 15.2. The number of carbonyl (C=O) groups is 2. The van der Waals surface area contributed by atoms with Crippen LogP contribution in [0.4, 0.5) is 11.4 Å². The van der Waals surface area contributed by atoms with Gasteiger partial charge in [0.25, 0.3) is 0 Å². The van der Waals surface area contributed by atoms with Crippen molar-refractivity contribution in [2.75, 3.05) is 24.9 Å². The van der Waals surface area contributed by atoms with Crippen molar-refractivity contribution < 1.29 is 19.1 Å². The molecule has 1 atom stereocenters. The van der Waals surface area contributed by atoms with Gasteiger partial charge in [0.05, 0.1) is 25.6 Å². The van der Waals surface area contributed by atoms with Gasteiger partial charge in [-0.3, -0.25) is 9.59 Å². The van der Waals surface area contributed by atoms with Crippen LogP contribution in [-0.4, -0.2) is 26.0 Å². The Morgan fingerprint density at radius 3 is 2.50 bits per heavy atom. The van der Waals surface area contributed by atoms with Crippen LogP contribution in [-0.2, 0) is 9.59 Å². The zero-order chi connectivity index (χ0) is 21.3. The van der Waals surface area contributed by atoms with Gasteiger partial charge in [0.2, 0.25) is 11.8 Å². The lowest BCUT2D eigenvalue weighted by Gasteiger charge is -2.13. The molecule has 30 heavy (non-hydrogen) atoms. The average molecular weight is 406 g/mol. The molecule has 2 N–H and O–H groups in total. The minimum Gasteiger partial charge on any atom is -0.497 e. The Bertz CT molecular complexity index is 965. The van der Waals surface area contributed by atoms with Gasteiger partial charge in [-0.25, -0.2) is 0 Å². The molecule has 0 saturated heterocycles. The van der Waals surface area contributed by atoms with Crippen molar-refractivity contribution in [1.29, 1.82) is 0 Å². The van der Waals surface area contributed by atoms with Crippen molar-refractivity contribution in [2.24, 2.45) is 5.92 Å². The first kappa shape index (κ1) is 21.2. The summed E-state index contributed by atoms with van der Waals surface area (Å²) in [6.07, 6.45) is 9.76. The lowest BCUT2D eigenvalue weighted by atomic mass is 10.0. The highest BCUT2D eigenvalue weighted by Crippen LogP contribution is 2.26. The molecule has 0 radical (unpaired) electrons. The Balaban J connectivity index is 1.65. The number of amides is 2. The summed E-state index contributed by atoms with van der Waals surface area (Å²) in [4.78, 5) is 24.8. The van der Waals surface area contributed by atoms with E-state index in [4.69, 9.17) is 9.47 Å². The molecule has 0 saturated carbocycles. The zero-order valence-electron chi connectivity index (χ0n) is 17.2. The molecule has 0 heterocycles. The van der Waals surface area contributed by atoms with Crippen LogP contribution in [0.1, 0.15) is 24.8 Å². The number of allylic oxidation sites excluding steroid dienone is 2. The number of hydrogen-bond donors (Lipinski definition) is 2. The molecular formula is C24H26N2O4. The molecule has 2 aromatic rings. The molecule has 2 amide bonds. The highest BCUT2D eigenvalue weighted by molar-refractivity contribution is 6.05. The van der Waals surface area contributed by atoms with Crippen molar-refractivity contribution in [3.05, 3.63) is 66.3 Å². The number of para-hydroxylation sites is 2. The fourth-order valence-corrected chi connectivity index (χ4v) is 3.30. The predicted octanol–water partition coefficient (Wildman–Crippen LogP) is 4.65. The van der Waals surface area contributed by atoms with Crippen molar-refractivity contribution >= 4 is 29.3 Å². The minimum absolute atomic E-state index is 0.0632. The molecule has 0 spiro atoms. The summed E-state index contributed by atoms with van der Waals surface area (Å²) >= 11 is 0. The summed E-state index contributed by atoms with van der Waals surface area (Å²) in [5.74, 6) is 1.19. The summed E-state index contributed by atoms with van der Waals surface area (Å²) in [6, 6.07) is 12.5. The van der Waals surface area contributed by atoms with E-state index in [-0.39, 0.29) is 17.7 Å². The first-order chi connectivity index (χ1) is 14.6. The Morgan fingerprint density at radius 1 is 1.07 bits per heavy atom. The summed E-state index contributed by atoms with van der Waals surface area (Å²) in [6.45, 7) is 0. The van der Waals surface area contributed by atoms with Crippen LogP contribution < -0.4 is 20.1 Å². The molecule has 156 valence electrons. The minimum atomic E-state index is -0.312. The fraction of sp³-hybridized carbons (Fsp3) is 0.250. The maximum Gasteiger partial charge on any atom is 0.248 e. The van der Waals surface area contributed by atoms with Crippen LogP contribution in [0.3, 0.4) is 0 Å². The van der Waals surface area contributed by atoms with Crippen LogP contribution in [0.5, 0.6) is 11.5 Å². The quantitative estimate of drug-likeness (QED) is 0.494. The SMILES string of the molecule is COc1ccc(/C=C/C(=O)Nc2ccccc2NC(=O)CC2C=CCC2)c(OC)c1. The third-order valence-corrected chi connectivity index (χ3v) is 4.87. The number of benzene rings is 2. The maximum absolute atomic E-state index is 12.4. The maximum atomic E-state index is 12.4. The lowest BCUT2D eigenvalue weighted by molar-refractivity contribution is -0.117. The molecule has 1 unspecified atom stereocenters. The second-order valence-corrected chi connectivity index (χ2v) is 6.99. The average Bonchev–Trinajstić information content (AvgIpc) is 3.26. The summed E-state index contributed by atoms with van der Waals surface area (Å²) in [7, 11) is 3.14. The first-order valence-corrected chi connectivity index (χ1v) is 9.85. The van der Waals surface area contributed by atoms with E-state index in [2.05, 4.69) is 22.8 Å². The van der Waals surface area contributed by atoms with E-state index in [0.29, 0.717) is 29.3 Å². The topological polar surface area (TPSA) is 76.7 Å². The Labute approximate surface area is 176 Å². The number of nitrogens with one attached hydrogen (secondary N) is 2. The largest absolute Gasteiger partial charge is 0.497 e. The highest BCUT2D eigenvalue weighted by atomic mass is 16.5. The number of methoxy groups -OCH3 is 2. The Kier molecular flexibility index (Phi) is 7.27. The van der Waals surface area contributed by atoms with Gasteiger partial charge in [-0.05, 0) is 49.1 Å². The summed E-state index contributed by atoms with van der Waals surface area (Å²) in [5.41, 5.74) is 1.87. The van der Waals surface area contributed by atoms with E-state index in [9.17, 15) is 9.59 Å². The fourth-order valence-electron chi connectivity index (χ4n) is 3.30. The van der Waals surface area contributed by atoms with Crippen LogP contribution in [0.25, 0.3) is 6.08 Å². The second kappa shape index (κ2) is 10.3. The van der Waals surface area contributed by atoms with Crippen LogP contribution >= 0.6 is 0 Å². The number of ether oxygens (including phenoxy) is 2. The number of hydrogen-bond acceptors (Lipinski definition) is 4. The Morgan fingerprint density at radius 2 is 1.83 bits per heavy atom. The molecule has 0 aromatic heterocycles. The molecule has 1 aliphatic rings. The van der Waals surface area contributed by atoms with Crippen molar-refractivity contribution in [3.63, 3.8) is 0 Å². The molecule has 2 aromatic carbocycles. The smallest absolute Gasteiger partial charge is 0.248 e. The highest BCUT2D eigenvalue weighted by Gasteiger charge is 2.15. The van der Waals surface area contributed by atoms with E-state index in [1.165, 1.54) is 6.08 Å². The van der Waals surface area contributed by atoms with E-state index >= 15 is 0 Å². The monoisotopic (exact) mass is 406 g/mol. The Hall–Kier alpha value is -3.54. The van der Waals surface area contributed by atoms with E-state index in [1.54, 1.807) is 50.6 Å². The van der Waals surface area contributed by atoms with Gasteiger partial charge >= 0.3 is 0 Å².